The molecule has 0 aliphatic carbocycles. The van der Waals surface area contributed by atoms with Crippen molar-refractivity contribution >= 4 is 34.5 Å². The van der Waals surface area contributed by atoms with Crippen molar-refractivity contribution in [3.8, 4) is 0 Å². The molecule has 1 unspecified atom stereocenters. The highest BCUT2D eigenvalue weighted by Gasteiger charge is 2.20. The highest BCUT2D eigenvalue weighted by Crippen LogP contribution is 2.36. The summed E-state index contributed by atoms with van der Waals surface area (Å²) in [6.07, 6.45) is 1.71. The molecule has 86 valence electrons. The van der Waals surface area contributed by atoms with Gasteiger partial charge in [0.1, 0.15) is 0 Å². The first-order chi connectivity index (χ1) is 7.63. The van der Waals surface area contributed by atoms with Crippen molar-refractivity contribution in [1.82, 2.24) is 20.3 Å². The van der Waals surface area contributed by atoms with Crippen LogP contribution < -0.4 is 5.32 Å². The summed E-state index contributed by atoms with van der Waals surface area (Å²) in [6, 6.07) is 1.82. The predicted octanol–water partition coefficient (Wildman–Crippen LogP) is 2.49. The van der Waals surface area contributed by atoms with E-state index in [0.29, 0.717) is 8.67 Å². The van der Waals surface area contributed by atoms with E-state index in [4.69, 9.17) is 23.2 Å². The second-order valence-electron chi connectivity index (χ2n) is 3.28. The molecule has 0 fully saturated rings. The van der Waals surface area contributed by atoms with Gasteiger partial charge in [0.15, 0.2) is 0 Å². The van der Waals surface area contributed by atoms with Gasteiger partial charge in [-0.3, -0.25) is 4.68 Å². The van der Waals surface area contributed by atoms with Crippen LogP contribution in [-0.2, 0) is 7.05 Å². The molecule has 0 spiro atoms. The van der Waals surface area contributed by atoms with E-state index in [1.54, 1.807) is 10.9 Å². The molecule has 1 atom stereocenters. The summed E-state index contributed by atoms with van der Waals surface area (Å²) < 4.78 is 3.07. The molecule has 0 saturated heterocycles. The van der Waals surface area contributed by atoms with Gasteiger partial charge in [-0.15, -0.1) is 16.4 Å². The smallest absolute Gasteiger partial charge is 0.0996 e. The van der Waals surface area contributed by atoms with Crippen molar-refractivity contribution in [3.63, 3.8) is 0 Å². The molecule has 7 heteroatoms. The molecule has 0 bridgehead atoms. The maximum absolute atomic E-state index is 6.13. The fourth-order valence-electron chi connectivity index (χ4n) is 1.57. The van der Waals surface area contributed by atoms with Crippen LogP contribution in [0.2, 0.25) is 8.67 Å². The lowest BCUT2D eigenvalue weighted by molar-refractivity contribution is 0.599. The SMILES string of the molecule is CNC(c1cc(Cl)sc1Cl)c1cnnn1C. The van der Waals surface area contributed by atoms with E-state index in [1.807, 2.05) is 20.2 Å². The zero-order valence-corrected chi connectivity index (χ0v) is 11.1. The molecular weight excluding hydrogens is 267 g/mol. The van der Waals surface area contributed by atoms with Crippen molar-refractivity contribution < 1.29 is 0 Å². The number of hydrogen-bond donors (Lipinski definition) is 1. The molecule has 0 radical (unpaired) electrons. The molecule has 4 nitrogen and oxygen atoms in total. The van der Waals surface area contributed by atoms with Gasteiger partial charge in [0, 0.05) is 12.6 Å². The molecule has 2 heterocycles. The third-order valence-electron chi connectivity index (χ3n) is 2.33. The molecule has 16 heavy (non-hydrogen) atoms. The Morgan fingerprint density at radius 2 is 2.25 bits per heavy atom. The number of rotatable bonds is 3. The van der Waals surface area contributed by atoms with Crippen LogP contribution in [0.5, 0.6) is 0 Å². The summed E-state index contributed by atoms with van der Waals surface area (Å²) in [5.41, 5.74) is 1.89. The first-order valence-electron chi connectivity index (χ1n) is 4.60. The van der Waals surface area contributed by atoms with E-state index < -0.39 is 0 Å². The molecule has 2 aromatic heterocycles. The van der Waals surface area contributed by atoms with Gasteiger partial charge in [-0.2, -0.15) is 0 Å². The lowest BCUT2D eigenvalue weighted by Gasteiger charge is -2.14. The molecule has 0 saturated carbocycles. The second-order valence-corrected chi connectivity index (χ2v) is 5.57. The van der Waals surface area contributed by atoms with Gasteiger partial charge in [0.05, 0.1) is 26.6 Å². The van der Waals surface area contributed by atoms with Crippen LogP contribution in [0.1, 0.15) is 17.3 Å². The Morgan fingerprint density at radius 1 is 1.50 bits per heavy atom. The average molecular weight is 277 g/mol. The van der Waals surface area contributed by atoms with Crippen molar-refractivity contribution in [2.24, 2.45) is 7.05 Å². The molecular formula is C9H10Cl2N4S. The van der Waals surface area contributed by atoms with E-state index >= 15 is 0 Å². The maximum Gasteiger partial charge on any atom is 0.0996 e. The van der Waals surface area contributed by atoms with Crippen LogP contribution in [0.4, 0.5) is 0 Å². The Hall–Kier alpha value is -0.620. The standard InChI is InChI=1S/C9H10Cl2N4S/c1-12-8(6-4-13-14-15(6)2)5-3-7(10)16-9(5)11/h3-4,8,12H,1-2H3. The Labute approximate surface area is 107 Å². The lowest BCUT2D eigenvalue weighted by Crippen LogP contribution is -2.20. The number of nitrogens with one attached hydrogen (secondary N) is 1. The zero-order chi connectivity index (χ0) is 11.7. The summed E-state index contributed by atoms with van der Waals surface area (Å²) >= 11 is 13.4. The highest BCUT2D eigenvalue weighted by atomic mass is 35.5. The summed E-state index contributed by atoms with van der Waals surface area (Å²) in [4.78, 5) is 0. The Morgan fingerprint density at radius 3 is 2.69 bits per heavy atom. The second kappa shape index (κ2) is 4.71. The van der Waals surface area contributed by atoms with Crippen LogP contribution in [0.15, 0.2) is 12.3 Å². The first kappa shape index (κ1) is 11.9. The monoisotopic (exact) mass is 276 g/mol. The third kappa shape index (κ3) is 2.08. The largest absolute Gasteiger partial charge is 0.308 e. The molecule has 1 N–H and O–H groups in total. The quantitative estimate of drug-likeness (QED) is 0.937. The molecule has 0 aliphatic heterocycles. The minimum absolute atomic E-state index is 0.0451. The van der Waals surface area contributed by atoms with Crippen molar-refractivity contribution in [1.29, 1.82) is 0 Å². The van der Waals surface area contributed by atoms with E-state index in [0.717, 1.165) is 11.3 Å². The van der Waals surface area contributed by atoms with Crippen molar-refractivity contribution in [2.75, 3.05) is 7.05 Å². The molecule has 2 aromatic rings. The summed E-state index contributed by atoms with van der Waals surface area (Å²) in [5.74, 6) is 0. The van der Waals surface area contributed by atoms with Gasteiger partial charge >= 0.3 is 0 Å². The van der Waals surface area contributed by atoms with Gasteiger partial charge in [0.25, 0.3) is 0 Å². The fourth-order valence-corrected chi connectivity index (χ4v) is 3.10. The molecule has 0 aliphatic rings. The number of aryl methyl sites for hydroxylation is 1. The third-order valence-corrected chi connectivity index (χ3v) is 3.85. The maximum atomic E-state index is 6.13. The highest BCUT2D eigenvalue weighted by molar-refractivity contribution is 7.20. The zero-order valence-electron chi connectivity index (χ0n) is 8.74. The fraction of sp³-hybridized carbons (Fsp3) is 0.333. The van der Waals surface area contributed by atoms with E-state index in [9.17, 15) is 0 Å². The van der Waals surface area contributed by atoms with E-state index in [2.05, 4.69) is 15.6 Å². The van der Waals surface area contributed by atoms with Crippen LogP contribution in [0.3, 0.4) is 0 Å². The normalized spacial score (nSPS) is 13.0. The van der Waals surface area contributed by atoms with Gasteiger partial charge in [-0.05, 0) is 13.1 Å². The van der Waals surface area contributed by atoms with E-state index in [1.165, 1.54) is 11.3 Å². The molecule has 2 rings (SSSR count). The summed E-state index contributed by atoms with van der Waals surface area (Å²) in [5, 5.41) is 10.9. The van der Waals surface area contributed by atoms with Gasteiger partial charge < -0.3 is 5.32 Å². The number of halogens is 2. The van der Waals surface area contributed by atoms with Crippen molar-refractivity contribution in [2.45, 2.75) is 6.04 Å². The van der Waals surface area contributed by atoms with Gasteiger partial charge in [-0.1, -0.05) is 28.4 Å². The lowest BCUT2D eigenvalue weighted by atomic mass is 10.1. The van der Waals surface area contributed by atoms with Gasteiger partial charge in [0.2, 0.25) is 0 Å². The minimum atomic E-state index is -0.0451. The summed E-state index contributed by atoms with van der Waals surface area (Å²) in [6.45, 7) is 0. The van der Waals surface area contributed by atoms with Crippen LogP contribution in [-0.4, -0.2) is 22.0 Å². The Bertz CT molecular complexity index is 493. The van der Waals surface area contributed by atoms with E-state index in [-0.39, 0.29) is 6.04 Å². The van der Waals surface area contributed by atoms with Crippen LogP contribution in [0, 0.1) is 0 Å². The predicted molar refractivity (Wildman–Crippen MR) is 66.2 cm³/mol. The Kier molecular flexibility index (Phi) is 3.49. The van der Waals surface area contributed by atoms with Gasteiger partial charge in [-0.25, -0.2) is 0 Å². The summed E-state index contributed by atoms with van der Waals surface area (Å²) in [7, 11) is 3.70. The number of hydrogen-bond acceptors (Lipinski definition) is 4. The minimum Gasteiger partial charge on any atom is -0.308 e. The number of nitrogens with zero attached hydrogens (tertiary/aromatic N) is 3. The average Bonchev–Trinajstić information content (AvgIpc) is 2.77. The van der Waals surface area contributed by atoms with Crippen molar-refractivity contribution in [3.05, 3.63) is 32.2 Å². The van der Waals surface area contributed by atoms with Crippen LogP contribution >= 0.6 is 34.5 Å². The first-order valence-corrected chi connectivity index (χ1v) is 6.17. The Balaban J connectivity index is 2.44. The number of thiophene rings is 1. The van der Waals surface area contributed by atoms with Crippen LogP contribution in [0.25, 0.3) is 0 Å². The topological polar surface area (TPSA) is 42.7 Å². The number of aromatic nitrogens is 3. The molecule has 0 amide bonds. The molecule has 0 aromatic carbocycles.